The molecule has 6 nitrogen and oxygen atoms in total. The van der Waals surface area contributed by atoms with Crippen molar-refractivity contribution in [1.82, 2.24) is 20.3 Å². The van der Waals surface area contributed by atoms with Crippen molar-refractivity contribution in [3.05, 3.63) is 11.9 Å². The summed E-state index contributed by atoms with van der Waals surface area (Å²) in [4.78, 5) is 0. The Labute approximate surface area is 89.6 Å². The number of rotatable bonds is 6. The predicted octanol–water partition coefficient (Wildman–Crippen LogP) is -0.661. The molecule has 86 valence electrons. The molecule has 0 atom stereocenters. The fourth-order valence-electron chi connectivity index (χ4n) is 1.15. The Morgan fingerprint density at radius 1 is 1.53 bits per heavy atom. The van der Waals surface area contributed by atoms with Crippen LogP contribution in [0.1, 0.15) is 12.1 Å². The van der Waals surface area contributed by atoms with Gasteiger partial charge < -0.3 is 5.32 Å². The molecule has 0 bridgehead atoms. The molecule has 1 N–H and O–H groups in total. The molecule has 0 aromatic carbocycles. The monoisotopic (exact) mass is 232 g/mol. The van der Waals surface area contributed by atoms with E-state index in [0.717, 1.165) is 5.69 Å². The Balaban J connectivity index is 2.15. The SMILES string of the molecule is Cn1nncc1CNCCCS(C)(=O)=O. The lowest BCUT2D eigenvalue weighted by atomic mass is 10.4. The first kappa shape index (κ1) is 12.1. The highest BCUT2D eigenvalue weighted by Crippen LogP contribution is 1.92. The zero-order valence-electron chi connectivity index (χ0n) is 8.97. The molecule has 0 fully saturated rings. The van der Waals surface area contributed by atoms with Gasteiger partial charge in [-0.05, 0) is 13.0 Å². The zero-order chi connectivity index (χ0) is 11.3. The molecule has 0 radical (unpaired) electrons. The number of nitrogens with zero attached hydrogens (tertiary/aromatic N) is 3. The maximum atomic E-state index is 10.8. The van der Waals surface area contributed by atoms with E-state index in [1.54, 1.807) is 10.9 Å². The number of sulfone groups is 1. The molecule has 0 saturated carbocycles. The lowest BCUT2D eigenvalue weighted by Crippen LogP contribution is -2.19. The van der Waals surface area contributed by atoms with Crippen LogP contribution in [0.4, 0.5) is 0 Å². The van der Waals surface area contributed by atoms with E-state index in [9.17, 15) is 8.42 Å². The van der Waals surface area contributed by atoms with E-state index in [1.165, 1.54) is 6.26 Å². The van der Waals surface area contributed by atoms with Gasteiger partial charge in [-0.3, -0.25) is 4.68 Å². The van der Waals surface area contributed by atoms with E-state index >= 15 is 0 Å². The maximum Gasteiger partial charge on any atom is 0.147 e. The van der Waals surface area contributed by atoms with Gasteiger partial charge >= 0.3 is 0 Å². The quantitative estimate of drug-likeness (QED) is 0.659. The molecule has 15 heavy (non-hydrogen) atoms. The number of nitrogens with one attached hydrogen (secondary N) is 1. The second-order valence-electron chi connectivity index (χ2n) is 3.51. The Morgan fingerprint density at radius 2 is 2.27 bits per heavy atom. The third-order valence-electron chi connectivity index (χ3n) is 1.98. The van der Waals surface area contributed by atoms with Crippen LogP contribution < -0.4 is 5.32 Å². The summed E-state index contributed by atoms with van der Waals surface area (Å²) >= 11 is 0. The molecule has 0 aliphatic heterocycles. The largest absolute Gasteiger partial charge is 0.311 e. The Morgan fingerprint density at radius 3 is 2.80 bits per heavy atom. The van der Waals surface area contributed by atoms with E-state index in [4.69, 9.17) is 0 Å². The summed E-state index contributed by atoms with van der Waals surface area (Å²) in [5, 5.41) is 10.7. The van der Waals surface area contributed by atoms with Gasteiger partial charge in [0.05, 0.1) is 17.6 Å². The van der Waals surface area contributed by atoms with Gasteiger partial charge in [-0.2, -0.15) is 0 Å². The fraction of sp³-hybridized carbons (Fsp3) is 0.750. The average Bonchev–Trinajstić information content (AvgIpc) is 2.49. The second-order valence-corrected chi connectivity index (χ2v) is 5.77. The van der Waals surface area contributed by atoms with Crippen LogP contribution in [0.25, 0.3) is 0 Å². The molecule has 1 aromatic rings. The summed E-state index contributed by atoms with van der Waals surface area (Å²) in [6, 6.07) is 0. The first-order valence-corrected chi connectivity index (χ1v) is 6.77. The van der Waals surface area contributed by atoms with Crippen molar-refractivity contribution in [1.29, 1.82) is 0 Å². The van der Waals surface area contributed by atoms with Crippen LogP contribution in [-0.4, -0.2) is 42.0 Å². The van der Waals surface area contributed by atoms with Gasteiger partial charge in [0.1, 0.15) is 9.84 Å². The lowest BCUT2D eigenvalue weighted by molar-refractivity contribution is 0.588. The van der Waals surface area contributed by atoms with E-state index < -0.39 is 9.84 Å². The van der Waals surface area contributed by atoms with Crippen LogP contribution in [-0.2, 0) is 23.4 Å². The van der Waals surface area contributed by atoms with Gasteiger partial charge in [0.2, 0.25) is 0 Å². The minimum Gasteiger partial charge on any atom is -0.311 e. The van der Waals surface area contributed by atoms with Crippen molar-refractivity contribution in [3.63, 3.8) is 0 Å². The van der Waals surface area contributed by atoms with E-state index in [1.807, 2.05) is 7.05 Å². The smallest absolute Gasteiger partial charge is 0.147 e. The molecule has 1 aromatic heterocycles. The van der Waals surface area contributed by atoms with Crippen LogP contribution in [0.15, 0.2) is 6.20 Å². The predicted molar refractivity (Wildman–Crippen MR) is 57.0 cm³/mol. The molecule has 0 aliphatic rings. The van der Waals surface area contributed by atoms with Crippen LogP contribution in [0.3, 0.4) is 0 Å². The summed E-state index contributed by atoms with van der Waals surface area (Å²) in [7, 11) is -1.02. The van der Waals surface area contributed by atoms with Gasteiger partial charge in [0.15, 0.2) is 0 Å². The number of aromatic nitrogens is 3. The number of hydrogen-bond donors (Lipinski definition) is 1. The van der Waals surface area contributed by atoms with Crippen molar-refractivity contribution in [2.75, 3.05) is 18.6 Å². The Hall–Kier alpha value is -0.950. The molecular weight excluding hydrogens is 216 g/mol. The van der Waals surface area contributed by atoms with Crippen molar-refractivity contribution < 1.29 is 8.42 Å². The highest BCUT2D eigenvalue weighted by atomic mass is 32.2. The van der Waals surface area contributed by atoms with Crippen LogP contribution >= 0.6 is 0 Å². The van der Waals surface area contributed by atoms with E-state index in [2.05, 4.69) is 15.6 Å². The van der Waals surface area contributed by atoms with Crippen molar-refractivity contribution in [2.45, 2.75) is 13.0 Å². The molecule has 1 rings (SSSR count). The van der Waals surface area contributed by atoms with Crippen LogP contribution in [0, 0.1) is 0 Å². The fourth-order valence-corrected chi connectivity index (χ4v) is 1.82. The van der Waals surface area contributed by atoms with E-state index in [0.29, 0.717) is 19.5 Å². The van der Waals surface area contributed by atoms with Crippen LogP contribution in [0.5, 0.6) is 0 Å². The topological polar surface area (TPSA) is 76.9 Å². The molecule has 0 unspecified atom stereocenters. The van der Waals surface area contributed by atoms with Gasteiger partial charge in [0.25, 0.3) is 0 Å². The molecule has 0 saturated heterocycles. The standard InChI is InChI=1S/C8H16N4O2S/c1-12-8(7-10-11-12)6-9-4-3-5-15(2,13)14/h7,9H,3-6H2,1-2H3. The second kappa shape index (κ2) is 5.22. The molecular formula is C8H16N4O2S. The molecule has 0 amide bonds. The third kappa shape index (κ3) is 4.89. The lowest BCUT2D eigenvalue weighted by Gasteiger charge is -2.03. The minimum absolute atomic E-state index is 0.226. The van der Waals surface area contributed by atoms with Crippen molar-refractivity contribution >= 4 is 9.84 Å². The average molecular weight is 232 g/mol. The van der Waals surface area contributed by atoms with Gasteiger partial charge in [-0.25, -0.2) is 8.42 Å². The number of aryl methyl sites for hydroxylation is 1. The van der Waals surface area contributed by atoms with Crippen LogP contribution in [0.2, 0.25) is 0 Å². The Bertz CT molecular complexity index is 399. The summed E-state index contributed by atoms with van der Waals surface area (Å²) < 4.78 is 23.3. The van der Waals surface area contributed by atoms with Crippen molar-refractivity contribution in [2.24, 2.45) is 7.05 Å². The summed E-state index contributed by atoms with van der Waals surface area (Å²) in [5.41, 5.74) is 0.981. The molecule has 1 heterocycles. The van der Waals surface area contributed by atoms with Gasteiger partial charge in [-0.15, -0.1) is 5.10 Å². The highest BCUT2D eigenvalue weighted by molar-refractivity contribution is 7.90. The first-order chi connectivity index (χ1) is 6.99. The normalized spacial score (nSPS) is 11.9. The van der Waals surface area contributed by atoms with E-state index in [-0.39, 0.29) is 5.75 Å². The van der Waals surface area contributed by atoms with Crippen molar-refractivity contribution in [3.8, 4) is 0 Å². The molecule has 7 heteroatoms. The first-order valence-electron chi connectivity index (χ1n) is 4.71. The maximum absolute atomic E-state index is 10.8. The molecule has 0 spiro atoms. The summed E-state index contributed by atoms with van der Waals surface area (Å²) in [5.74, 6) is 0.226. The minimum atomic E-state index is -2.84. The van der Waals surface area contributed by atoms with Gasteiger partial charge in [-0.1, -0.05) is 5.21 Å². The highest BCUT2D eigenvalue weighted by Gasteiger charge is 2.02. The third-order valence-corrected chi connectivity index (χ3v) is 3.01. The van der Waals surface area contributed by atoms with Gasteiger partial charge in [0, 0.05) is 19.8 Å². The summed E-state index contributed by atoms with van der Waals surface area (Å²) in [6.45, 7) is 1.34. The number of hydrogen-bond acceptors (Lipinski definition) is 5. The zero-order valence-corrected chi connectivity index (χ0v) is 9.79. The molecule has 0 aliphatic carbocycles. The Kier molecular flexibility index (Phi) is 4.22. The summed E-state index contributed by atoms with van der Waals surface area (Å²) in [6.07, 6.45) is 3.56.